The van der Waals surface area contributed by atoms with Crippen molar-refractivity contribution in [1.29, 1.82) is 0 Å². The van der Waals surface area contributed by atoms with Gasteiger partial charge in [0.15, 0.2) is 0 Å². The van der Waals surface area contributed by atoms with Crippen molar-refractivity contribution in [3.63, 3.8) is 0 Å². The minimum atomic E-state index is -0.377. The van der Waals surface area contributed by atoms with Gasteiger partial charge in [-0.05, 0) is 24.6 Å². The van der Waals surface area contributed by atoms with Crippen LogP contribution in [0.25, 0.3) is 0 Å². The van der Waals surface area contributed by atoms with Crippen LogP contribution in [-0.2, 0) is 4.74 Å². The van der Waals surface area contributed by atoms with E-state index in [1.807, 2.05) is 11.8 Å². The molecule has 2 rings (SSSR count). The number of nitro groups is 1. The minimum Gasteiger partial charge on any atom is -0.489 e. The number of nitrogens with zero attached hydrogens (tertiary/aromatic N) is 2. The molecule has 108 valence electrons. The predicted octanol–water partition coefficient (Wildman–Crippen LogP) is 2.39. The standard InChI is InChI=1S/C14H18N2O4/c1-11(2)10-20-12-3-4-13(14(9-12)16(17)18)15-5-7-19-8-6-15/h3-4,9H,1,5-8,10H2,2H3. The van der Waals surface area contributed by atoms with E-state index in [2.05, 4.69) is 6.58 Å². The highest BCUT2D eigenvalue weighted by Crippen LogP contribution is 2.32. The van der Waals surface area contributed by atoms with Crippen molar-refractivity contribution in [2.75, 3.05) is 37.8 Å². The number of hydrogen-bond acceptors (Lipinski definition) is 5. The lowest BCUT2D eigenvalue weighted by Gasteiger charge is -2.28. The van der Waals surface area contributed by atoms with Gasteiger partial charge in [0.25, 0.3) is 5.69 Å². The average Bonchev–Trinajstić information content (AvgIpc) is 2.45. The van der Waals surface area contributed by atoms with E-state index >= 15 is 0 Å². The smallest absolute Gasteiger partial charge is 0.296 e. The summed E-state index contributed by atoms with van der Waals surface area (Å²) >= 11 is 0. The van der Waals surface area contributed by atoms with Crippen LogP contribution in [-0.4, -0.2) is 37.8 Å². The molecule has 0 bridgehead atoms. The Hall–Kier alpha value is -2.08. The lowest BCUT2D eigenvalue weighted by Crippen LogP contribution is -2.36. The Balaban J connectivity index is 2.23. The Labute approximate surface area is 117 Å². The lowest BCUT2D eigenvalue weighted by atomic mass is 10.2. The Morgan fingerprint density at radius 1 is 1.50 bits per heavy atom. The highest BCUT2D eigenvalue weighted by Gasteiger charge is 2.22. The van der Waals surface area contributed by atoms with Crippen LogP contribution in [0, 0.1) is 10.1 Å². The Kier molecular flexibility index (Phi) is 4.57. The summed E-state index contributed by atoms with van der Waals surface area (Å²) in [5, 5.41) is 11.2. The zero-order chi connectivity index (χ0) is 14.5. The van der Waals surface area contributed by atoms with Crippen molar-refractivity contribution in [3.05, 3.63) is 40.5 Å². The van der Waals surface area contributed by atoms with Gasteiger partial charge in [-0.1, -0.05) is 6.58 Å². The van der Waals surface area contributed by atoms with Crippen molar-refractivity contribution in [2.24, 2.45) is 0 Å². The van der Waals surface area contributed by atoms with Crippen LogP contribution in [0.5, 0.6) is 5.75 Å². The Morgan fingerprint density at radius 2 is 2.20 bits per heavy atom. The highest BCUT2D eigenvalue weighted by atomic mass is 16.6. The summed E-state index contributed by atoms with van der Waals surface area (Å²) in [6.45, 7) is 8.43. The third-order valence-electron chi connectivity index (χ3n) is 2.98. The van der Waals surface area contributed by atoms with Crippen molar-refractivity contribution < 1.29 is 14.4 Å². The molecule has 6 heteroatoms. The van der Waals surface area contributed by atoms with Crippen LogP contribution in [0.1, 0.15) is 6.92 Å². The first kappa shape index (κ1) is 14.3. The van der Waals surface area contributed by atoms with E-state index in [-0.39, 0.29) is 10.6 Å². The molecule has 20 heavy (non-hydrogen) atoms. The first-order chi connectivity index (χ1) is 9.58. The van der Waals surface area contributed by atoms with E-state index in [0.29, 0.717) is 44.3 Å². The fraction of sp³-hybridized carbons (Fsp3) is 0.429. The normalized spacial score (nSPS) is 14.9. The molecule has 0 saturated carbocycles. The van der Waals surface area contributed by atoms with Gasteiger partial charge in [0.2, 0.25) is 0 Å². The lowest BCUT2D eigenvalue weighted by molar-refractivity contribution is -0.384. The van der Waals surface area contributed by atoms with E-state index in [1.54, 1.807) is 12.1 Å². The second-order valence-electron chi connectivity index (χ2n) is 4.75. The number of hydrogen-bond donors (Lipinski definition) is 0. The van der Waals surface area contributed by atoms with Crippen molar-refractivity contribution in [2.45, 2.75) is 6.92 Å². The summed E-state index contributed by atoms with van der Waals surface area (Å²) in [7, 11) is 0. The molecule has 0 N–H and O–H groups in total. The second-order valence-corrected chi connectivity index (χ2v) is 4.75. The van der Waals surface area contributed by atoms with E-state index in [4.69, 9.17) is 9.47 Å². The van der Waals surface area contributed by atoms with Crippen LogP contribution in [0.3, 0.4) is 0 Å². The predicted molar refractivity (Wildman–Crippen MR) is 76.4 cm³/mol. The SMILES string of the molecule is C=C(C)COc1ccc(N2CCOCC2)c([N+](=O)[O-])c1. The molecule has 1 heterocycles. The summed E-state index contributed by atoms with van der Waals surface area (Å²) in [4.78, 5) is 12.8. The molecule has 0 radical (unpaired) electrons. The van der Waals surface area contributed by atoms with Gasteiger partial charge in [-0.2, -0.15) is 0 Å². The van der Waals surface area contributed by atoms with Crippen LogP contribution >= 0.6 is 0 Å². The van der Waals surface area contributed by atoms with Crippen molar-refractivity contribution in [3.8, 4) is 5.75 Å². The van der Waals surface area contributed by atoms with E-state index in [1.165, 1.54) is 6.07 Å². The molecule has 0 unspecified atom stereocenters. The number of benzene rings is 1. The molecule has 1 aliphatic heterocycles. The number of anilines is 1. The third kappa shape index (κ3) is 3.48. The topological polar surface area (TPSA) is 64.8 Å². The quantitative estimate of drug-likeness (QED) is 0.470. The maximum atomic E-state index is 11.2. The fourth-order valence-electron chi connectivity index (χ4n) is 2.02. The number of rotatable bonds is 5. The zero-order valence-electron chi connectivity index (χ0n) is 11.5. The van der Waals surface area contributed by atoms with Gasteiger partial charge in [0.05, 0.1) is 24.2 Å². The van der Waals surface area contributed by atoms with E-state index in [9.17, 15) is 10.1 Å². The van der Waals surface area contributed by atoms with Crippen molar-refractivity contribution >= 4 is 11.4 Å². The van der Waals surface area contributed by atoms with Gasteiger partial charge in [-0.3, -0.25) is 10.1 Å². The van der Waals surface area contributed by atoms with Gasteiger partial charge in [-0.25, -0.2) is 0 Å². The highest BCUT2D eigenvalue weighted by molar-refractivity contribution is 5.65. The van der Waals surface area contributed by atoms with Crippen LogP contribution in [0.4, 0.5) is 11.4 Å². The summed E-state index contributed by atoms with van der Waals surface area (Å²) in [5.74, 6) is 0.483. The van der Waals surface area contributed by atoms with E-state index in [0.717, 1.165) is 5.57 Å². The van der Waals surface area contributed by atoms with Gasteiger partial charge < -0.3 is 14.4 Å². The monoisotopic (exact) mass is 278 g/mol. The number of ether oxygens (including phenoxy) is 2. The molecule has 0 amide bonds. The molecule has 1 fully saturated rings. The van der Waals surface area contributed by atoms with Crippen molar-refractivity contribution in [1.82, 2.24) is 0 Å². The summed E-state index contributed by atoms with van der Waals surface area (Å²) in [6, 6.07) is 4.95. The fourth-order valence-corrected chi connectivity index (χ4v) is 2.02. The molecule has 0 spiro atoms. The Bertz CT molecular complexity index is 510. The minimum absolute atomic E-state index is 0.0612. The number of nitro benzene ring substituents is 1. The van der Waals surface area contributed by atoms with Gasteiger partial charge in [-0.15, -0.1) is 0 Å². The number of morpholine rings is 1. The average molecular weight is 278 g/mol. The third-order valence-corrected chi connectivity index (χ3v) is 2.98. The van der Waals surface area contributed by atoms with Crippen LogP contribution in [0.15, 0.2) is 30.4 Å². The zero-order valence-corrected chi connectivity index (χ0v) is 11.5. The molecule has 0 aromatic heterocycles. The molecule has 1 aromatic carbocycles. The molecular weight excluding hydrogens is 260 g/mol. The maximum absolute atomic E-state index is 11.2. The van der Waals surface area contributed by atoms with Crippen LogP contribution in [0.2, 0.25) is 0 Å². The first-order valence-corrected chi connectivity index (χ1v) is 6.46. The van der Waals surface area contributed by atoms with Gasteiger partial charge in [0, 0.05) is 13.1 Å². The van der Waals surface area contributed by atoms with Crippen LogP contribution < -0.4 is 9.64 Å². The molecule has 0 aliphatic carbocycles. The molecule has 1 aromatic rings. The molecule has 6 nitrogen and oxygen atoms in total. The first-order valence-electron chi connectivity index (χ1n) is 6.46. The van der Waals surface area contributed by atoms with Gasteiger partial charge in [0.1, 0.15) is 18.0 Å². The molecular formula is C14H18N2O4. The maximum Gasteiger partial charge on any atom is 0.296 e. The Morgan fingerprint density at radius 3 is 2.80 bits per heavy atom. The van der Waals surface area contributed by atoms with E-state index < -0.39 is 0 Å². The molecule has 1 saturated heterocycles. The summed E-state index contributed by atoms with van der Waals surface area (Å²) in [5.41, 5.74) is 1.54. The summed E-state index contributed by atoms with van der Waals surface area (Å²) < 4.78 is 10.7. The second kappa shape index (κ2) is 6.38. The molecule has 0 atom stereocenters. The molecule has 1 aliphatic rings. The van der Waals surface area contributed by atoms with Gasteiger partial charge >= 0.3 is 0 Å². The largest absolute Gasteiger partial charge is 0.489 e. The summed E-state index contributed by atoms with van der Waals surface area (Å²) in [6.07, 6.45) is 0.